The van der Waals surface area contributed by atoms with E-state index in [2.05, 4.69) is 11.2 Å². The first-order chi connectivity index (χ1) is 9.96. The van der Waals surface area contributed by atoms with Crippen molar-refractivity contribution in [1.29, 1.82) is 0 Å². The van der Waals surface area contributed by atoms with Crippen molar-refractivity contribution < 1.29 is 18.0 Å². The standard InChI is InChI=1S/C14H12N2O4S/c1-2-7-15-13(17)9-3-6-11-12(8-9)21(19,20)16(14(11)18)10-4-5-10/h1,3,6,8,10H,4-5,7H2,(H,15,17). The highest BCUT2D eigenvalue weighted by molar-refractivity contribution is 7.90. The Labute approximate surface area is 122 Å². The van der Waals surface area contributed by atoms with Gasteiger partial charge < -0.3 is 5.32 Å². The van der Waals surface area contributed by atoms with Gasteiger partial charge in [-0.3, -0.25) is 9.59 Å². The molecule has 0 atom stereocenters. The highest BCUT2D eigenvalue weighted by Crippen LogP contribution is 2.39. The molecule has 1 heterocycles. The smallest absolute Gasteiger partial charge is 0.269 e. The van der Waals surface area contributed by atoms with E-state index in [1.807, 2.05) is 0 Å². The lowest BCUT2D eigenvalue weighted by Gasteiger charge is -2.13. The fourth-order valence-electron chi connectivity index (χ4n) is 2.29. The summed E-state index contributed by atoms with van der Waals surface area (Å²) in [6.07, 6.45) is 6.43. The predicted octanol–water partition coefficient (Wildman–Crippen LogP) is 0.356. The molecule has 1 aliphatic heterocycles. The van der Waals surface area contributed by atoms with Crippen LogP contribution in [0.25, 0.3) is 0 Å². The number of hydrogen-bond donors (Lipinski definition) is 1. The van der Waals surface area contributed by atoms with Gasteiger partial charge in [-0.15, -0.1) is 6.42 Å². The highest BCUT2D eigenvalue weighted by Gasteiger charge is 2.48. The first-order valence-electron chi connectivity index (χ1n) is 6.41. The second-order valence-corrected chi connectivity index (χ2v) is 6.72. The van der Waals surface area contributed by atoms with Crippen LogP contribution in [0.2, 0.25) is 0 Å². The van der Waals surface area contributed by atoms with E-state index >= 15 is 0 Å². The van der Waals surface area contributed by atoms with E-state index in [1.165, 1.54) is 18.2 Å². The third kappa shape index (κ3) is 2.08. The summed E-state index contributed by atoms with van der Waals surface area (Å²) in [7, 11) is -3.85. The van der Waals surface area contributed by atoms with Crippen LogP contribution in [0, 0.1) is 12.3 Å². The van der Waals surface area contributed by atoms with E-state index in [9.17, 15) is 18.0 Å². The molecule has 0 spiro atoms. The summed E-state index contributed by atoms with van der Waals surface area (Å²) in [6.45, 7) is 0.0514. The van der Waals surface area contributed by atoms with E-state index in [-0.39, 0.29) is 28.6 Å². The molecule has 1 aliphatic carbocycles. The summed E-state index contributed by atoms with van der Waals surface area (Å²) in [4.78, 5) is 23.9. The van der Waals surface area contributed by atoms with Crippen molar-refractivity contribution in [2.75, 3.05) is 6.54 Å². The molecule has 0 radical (unpaired) electrons. The molecule has 1 N–H and O–H groups in total. The van der Waals surface area contributed by atoms with E-state index in [0.29, 0.717) is 12.8 Å². The molecular weight excluding hydrogens is 292 g/mol. The Kier molecular flexibility index (Phi) is 2.99. The van der Waals surface area contributed by atoms with Crippen molar-refractivity contribution in [2.45, 2.75) is 23.8 Å². The summed E-state index contributed by atoms with van der Waals surface area (Å²) in [5.74, 6) is 1.28. The topological polar surface area (TPSA) is 83.6 Å². The average molecular weight is 304 g/mol. The van der Waals surface area contributed by atoms with E-state index in [1.54, 1.807) is 0 Å². The maximum Gasteiger partial charge on any atom is 0.269 e. The van der Waals surface area contributed by atoms with Crippen LogP contribution in [-0.4, -0.2) is 37.1 Å². The van der Waals surface area contributed by atoms with Crippen molar-refractivity contribution in [3.63, 3.8) is 0 Å². The molecule has 0 aromatic heterocycles. The normalized spacial score (nSPS) is 19.0. The van der Waals surface area contributed by atoms with Crippen molar-refractivity contribution in [1.82, 2.24) is 9.62 Å². The van der Waals surface area contributed by atoms with Gasteiger partial charge in [-0.2, -0.15) is 0 Å². The van der Waals surface area contributed by atoms with E-state index < -0.39 is 21.8 Å². The van der Waals surface area contributed by atoms with Crippen LogP contribution in [0.3, 0.4) is 0 Å². The fourth-order valence-corrected chi connectivity index (χ4v) is 4.13. The molecule has 1 aromatic rings. The number of sulfonamides is 1. The third-order valence-corrected chi connectivity index (χ3v) is 5.32. The van der Waals surface area contributed by atoms with Gasteiger partial charge in [0.15, 0.2) is 0 Å². The van der Waals surface area contributed by atoms with Gasteiger partial charge in [0.05, 0.1) is 12.1 Å². The van der Waals surface area contributed by atoms with Gasteiger partial charge in [-0.25, -0.2) is 12.7 Å². The second kappa shape index (κ2) is 4.60. The van der Waals surface area contributed by atoms with Crippen LogP contribution in [-0.2, 0) is 10.0 Å². The molecule has 2 aliphatic rings. The molecule has 108 valence electrons. The Hall–Kier alpha value is -2.33. The monoisotopic (exact) mass is 304 g/mol. The molecule has 6 nitrogen and oxygen atoms in total. The van der Waals surface area contributed by atoms with Crippen LogP contribution in [0.4, 0.5) is 0 Å². The summed E-state index contributed by atoms with van der Waals surface area (Å²) < 4.78 is 25.7. The maximum atomic E-state index is 12.4. The molecule has 21 heavy (non-hydrogen) atoms. The minimum atomic E-state index is -3.85. The highest BCUT2D eigenvalue weighted by atomic mass is 32.2. The molecule has 1 aromatic carbocycles. The number of rotatable bonds is 3. The van der Waals surface area contributed by atoms with Gasteiger partial charge in [0.1, 0.15) is 4.90 Å². The van der Waals surface area contributed by atoms with E-state index in [0.717, 1.165) is 4.31 Å². The molecule has 1 saturated carbocycles. The molecule has 0 saturated heterocycles. The van der Waals surface area contributed by atoms with Crippen molar-refractivity contribution in [2.24, 2.45) is 0 Å². The first-order valence-corrected chi connectivity index (χ1v) is 7.85. The summed E-state index contributed by atoms with van der Waals surface area (Å²) in [5.41, 5.74) is 0.286. The lowest BCUT2D eigenvalue weighted by Crippen LogP contribution is -2.32. The van der Waals surface area contributed by atoms with Crippen LogP contribution >= 0.6 is 0 Å². The minimum Gasteiger partial charge on any atom is -0.341 e. The maximum absolute atomic E-state index is 12.4. The van der Waals surface area contributed by atoms with Crippen LogP contribution in [0.1, 0.15) is 33.6 Å². The van der Waals surface area contributed by atoms with Crippen LogP contribution in [0.5, 0.6) is 0 Å². The van der Waals surface area contributed by atoms with Gasteiger partial charge in [0, 0.05) is 11.6 Å². The van der Waals surface area contributed by atoms with Gasteiger partial charge in [0.2, 0.25) is 0 Å². The lowest BCUT2D eigenvalue weighted by molar-refractivity contribution is 0.0863. The Morgan fingerprint density at radius 1 is 1.43 bits per heavy atom. The minimum absolute atomic E-state index is 0.0514. The van der Waals surface area contributed by atoms with Gasteiger partial charge in [-0.1, -0.05) is 5.92 Å². The number of benzene rings is 1. The zero-order chi connectivity index (χ0) is 15.2. The molecular formula is C14H12N2O4S. The average Bonchev–Trinajstić information content (AvgIpc) is 3.25. The number of carbonyl (C=O) groups excluding carboxylic acids is 2. The Morgan fingerprint density at radius 3 is 2.76 bits per heavy atom. The molecule has 3 rings (SSSR count). The van der Waals surface area contributed by atoms with Gasteiger partial charge in [-0.05, 0) is 31.0 Å². The molecule has 1 fully saturated rings. The SMILES string of the molecule is C#CCNC(=O)c1ccc2c(c1)S(=O)(=O)N(C1CC1)C2=O. The molecule has 7 heteroatoms. The zero-order valence-corrected chi connectivity index (χ0v) is 11.8. The summed E-state index contributed by atoms with van der Waals surface area (Å²) >= 11 is 0. The van der Waals surface area contributed by atoms with Crippen molar-refractivity contribution in [3.05, 3.63) is 29.3 Å². The molecule has 0 bridgehead atoms. The fraction of sp³-hybridized carbons (Fsp3) is 0.286. The van der Waals surface area contributed by atoms with Crippen LogP contribution < -0.4 is 5.32 Å². The number of nitrogens with zero attached hydrogens (tertiary/aromatic N) is 1. The van der Waals surface area contributed by atoms with Crippen molar-refractivity contribution in [3.8, 4) is 12.3 Å². The van der Waals surface area contributed by atoms with Gasteiger partial charge >= 0.3 is 0 Å². The summed E-state index contributed by atoms with van der Waals surface area (Å²) in [5, 5.41) is 2.46. The number of nitrogens with one attached hydrogen (secondary N) is 1. The molecule has 2 amide bonds. The predicted molar refractivity (Wildman–Crippen MR) is 74.0 cm³/mol. The second-order valence-electron chi connectivity index (χ2n) is 4.93. The Morgan fingerprint density at radius 2 is 2.14 bits per heavy atom. The largest absolute Gasteiger partial charge is 0.341 e. The van der Waals surface area contributed by atoms with Crippen LogP contribution in [0.15, 0.2) is 23.1 Å². The zero-order valence-electron chi connectivity index (χ0n) is 11.0. The number of carbonyl (C=O) groups is 2. The van der Waals surface area contributed by atoms with E-state index in [4.69, 9.17) is 6.42 Å². The number of hydrogen-bond acceptors (Lipinski definition) is 4. The van der Waals surface area contributed by atoms with Gasteiger partial charge in [0.25, 0.3) is 21.8 Å². The van der Waals surface area contributed by atoms with Crippen molar-refractivity contribution >= 4 is 21.8 Å². The first kappa shape index (κ1) is 13.6. The Bertz CT molecular complexity index is 788. The quantitative estimate of drug-likeness (QED) is 0.817. The lowest BCUT2D eigenvalue weighted by atomic mass is 10.1. The number of amides is 2. The summed E-state index contributed by atoms with van der Waals surface area (Å²) in [6, 6.07) is 3.79. The number of terminal acetylenes is 1. The Balaban J connectivity index is 2.01. The molecule has 0 unspecified atom stereocenters. The third-order valence-electron chi connectivity index (χ3n) is 3.44. The number of fused-ring (bicyclic) bond motifs is 1.